The second kappa shape index (κ2) is 4.03. The molecule has 3 rings (SSSR count). The lowest BCUT2D eigenvalue weighted by Gasteiger charge is -2.08. The first-order valence-corrected chi connectivity index (χ1v) is 5.59. The van der Waals surface area contributed by atoms with Crippen LogP contribution in [0.15, 0.2) is 36.5 Å². The number of pyridine rings is 1. The molecule has 5 nitrogen and oxygen atoms in total. The zero-order valence-corrected chi connectivity index (χ0v) is 9.81. The van der Waals surface area contributed by atoms with Crippen LogP contribution in [0.3, 0.4) is 0 Å². The first-order chi connectivity index (χ1) is 8.72. The third-order valence-corrected chi connectivity index (χ3v) is 2.69. The van der Waals surface area contributed by atoms with Gasteiger partial charge in [-0.15, -0.1) is 0 Å². The van der Waals surface area contributed by atoms with Crippen molar-refractivity contribution in [3.8, 4) is 5.75 Å². The van der Waals surface area contributed by atoms with Gasteiger partial charge in [0.1, 0.15) is 16.8 Å². The van der Waals surface area contributed by atoms with Gasteiger partial charge in [0.25, 0.3) is 0 Å². The number of benzene rings is 1. The van der Waals surface area contributed by atoms with Crippen molar-refractivity contribution in [3.63, 3.8) is 0 Å². The van der Waals surface area contributed by atoms with Gasteiger partial charge in [0, 0.05) is 11.4 Å². The summed E-state index contributed by atoms with van der Waals surface area (Å²) in [5.74, 6) is 0.248. The van der Waals surface area contributed by atoms with Gasteiger partial charge in [0.05, 0.1) is 11.9 Å². The average molecular weight is 240 g/mol. The molecule has 3 aromatic rings. The number of phenolic OH excluding ortho intramolecular Hbond substituents is 1. The second-order valence-electron chi connectivity index (χ2n) is 4.11. The van der Waals surface area contributed by atoms with Crippen molar-refractivity contribution in [2.75, 3.05) is 5.32 Å². The van der Waals surface area contributed by atoms with Gasteiger partial charge in [-0.3, -0.25) is 5.10 Å². The minimum Gasteiger partial charge on any atom is -0.508 e. The van der Waals surface area contributed by atoms with Crippen molar-refractivity contribution < 1.29 is 5.11 Å². The molecule has 2 heterocycles. The lowest BCUT2D eigenvalue weighted by molar-refractivity contribution is 0.475. The van der Waals surface area contributed by atoms with E-state index in [0.29, 0.717) is 0 Å². The number of aromatic hydroxyl groups is 1. The third kappa shape index (κ3) is 1.86. The molecular weight excluding hydrogens is 228 g/mol. The van der Waals surface area contributed by atoms with E-state index >= 15 is 0 Å². The van der Waals surface area contributed by atoms with Crippen LogP contribution in [0.1, 0.15) is 5.69 Å². The van der Waals surface area contributed by atoms with Gasteiger partial charge in [-0.2, -0.15) is 5.10 Å². The summed E-state index contributed by atoms with van der Waals surface area (Å²) in [5, 5.41) is 19.4. The Bertz CT molecular complexity index is 688. The maximum atomic E-state index is 9.25. The Labute approximate surface area is 103 Å². The molecule has 90 valence electrons. The Balaban J connectivity index is 2.03. The highest BCUT2D eigenvalue weighted by Gasteiger charge is 2.06. The quantitative estimate of drug-likeness (QED) is 0.602. The topological polar surface area (TPSA) is 73.8 Å². The van der Waals surface area contributed by atoms with Gasteiger partial charge in [-0.1, -0.05) is 0 Å². The summed E-state index contributed by atoms with van der Waals surface area (Å²) in [6.07, 6.45) is 1.70. The van der Waals surface area contributed by atoms with Gasteiger partial charge < -0.3 is 10.4 Å². The molecule has 0 radical (unpaired) electrons. The lowest BCUT2D eigenvalue weighted by Crippen LogP contribution is -1.93. The van der Waals surface area contributed by atoms with Crippen LogP contribution in [0.4, 0.5) is 11.4 Å². The van der Waals surface area contributed by atoms with Crippen molar-refractivity contribution in [1.82, 2.24) is 15.2 Å². The highest BCUT2D eigenvalue weighted by molar-refractivity contribution is 5.89. The van der Waals surface area contributed by atoms with E-state index in [1.165, 1.54) is 0 Å². The molecule has 0 saturated carbocycles. The van der Waals surface area contributed by atoms with Crippen LogP contribution in [-0.4, -0.2) is 20.3 Å². The van der Waals surface area contributed by atoms with Crippen LogP contribution < -0.4 is 5.32 Å². The van der Waals surface area contributed by atoms with Gasteiger partial charge in [-0.25, -0.2) is 4.98 Å². The SMILES string of the molecule is Cc1cc(Nc2ccc(O)cc2)c2[nH]ncc2n1. The molecule has 2 aromatic heterocycles. The molecule has 0 saturated heterocycles. The number of fused-ring (bicyclic) bond motifs is 1. The number of rotatable bonds is 2. The average Bonchev–Trinajstić information content (AvgIpc) is 2.80. The minimum atomic E-state index is 0.248. The zero-order chi connectivity index (χ0) is 12.5. The summed E-state index contributed by atoms with van der Waals surface area (Å²) in [7, 11) is 0. The molecular formula is C13H12N4O. The van der Waals surface area contributed by atoms with E-state index in [1.807, 2.05) is 25.1 Å². The van der Waals surface area contributed by atoms with Crippen molar-refractivity contribution in [2.24, 2.45) is 0 Å². The van der Waals surface area contributed by atoms with Crippen molar-refractivity contribution in [2.45, 2.75) is 6.92 Å². The Morgan fingerprint density at radius 2 is 2.00 bits per heavy atom. The van der Waals surface area contributed by atoms with Gasteiger partial charge >= 0.3 is 0 Å². The molecule has 0 fully saturated rings. The van der Waals surface area contributed by atoms with E-state index in [-0.39, 0.29) is 5.75 Å². The number of phenols is 1. The monoisotopic (exact) mass is 240 g/mol. The number of nitrogens with one attached hydrogen (secondary N) is 2. The molecule has 1 aromatic carbocycles. The summed E-state index contributed by atoms with van der Waals surface area (Å²) < 4.78 is 0. The molecule has 0 aliphatic rings. The molecule has 18 heavy (non-hydrogen) atoms. The Morgan fingerprint density at radius 3 is 2.78 bits per heavy atom. The molecule has 0 bridgehead atoms. The lowest BCUT2D eigenvalue weighted by atomic mass is 10.2. The van der Waals surface area contributed by atoms with Crippen molar-refractivity contribution >= 4 is 22.4 Å². The van der Waals surface area contributed by atoms with Crippen LogP contribution in [0.25, 0.3) is 11.0 Å². The smallest absolute Gasteiger partial charge is 0.115 e. The van der Waals surface area contributed by atoms with E-state index in [4.69, 9.17) is 0 Å². The fraction of sp³-hybridized carbons (Fsp3) is 0.0769. The van der Waals surface area contributed by atoms with E-state index in [0.717, 1.165) is 28.1 Å². The number of aryl methyl sites for hydroxylation is 1. The summed E-state index contributed by atoms with van der Waals surface area (Å²) >= 11 is 0. The van der Waals surface area contributed by atoms with Crippen LogP contribution in [0, 0.1) is 6.92 Å². The van der Waals surface area contributed by atoms with Crippen LogP contribution in [-0.2, 0) is 0 Å². The summed E-state index contributed by atoms with van der Waals surface area (Å²) in [6.45, 7) is 1.94. The third-order valence-electron chi connectivity index (χ3n) is 2.69. The first kappa shape index (κ1) is 10.6. The van der Waals surface area contributed by atoms with Crippen LogP contribution >= 0.6 is 0 Å². The predicted octanol–water partition coefficient (Wildman–Crippen LogP) is 2.72. The van der Waals surface area contributed by atoms with Gasteiger partial charge in [-0.05, 0) is 37.3 Å². The molecule has 3 N–H and O–H groups in total. The summed E-state index contributed by atoms with van der Waals surface area (Å²) in [4.78, 5) is 4.38. The van der Waals surface area contributed by atoms with E-state index in [1.54, 1.807) is 18.3 Å². The molecule has 0 amide bonds. The number of H-pyrrole nitrogens is 1. The maximum absolute atomic E-state index is 9.25. The Hall–Kier alpha value is -2.56. The number of aromatic nitrogens is 3. The zero-order valence-electron chi connectivity index (χ0n) is 9.81. The van der Waals surface area contributed by atoms with Crippen molar-refractivity contribution in [3.05, 3.63) is 42.2 Å². The largest absolute Gasteiger partial charge is 0.508 e. The number of hydrogen-bond acceptors (Lipinski definition) is 4. The number of hydrogen-bond donors (Lipinski definition) is 3. The Morgan fingerprint density at radius 1 is 1.22 bits per heavy atom. The fourth-order valence-electron chi connectivity index (χ4n) is 1.86. The van der Waals surface area contributed by atoms with Gasteiger partial charge in [0.15, 0.2) is 0 Å². The maximum Gasteiger partial charge on any atom is 0.115 e. The van der Waals surface area contributed by atoms with Crippen LogP contribution in [0.5, 0.6) is 5.75 Å². The minimum absolute atomic E-state index is 0.248. The summed E-state index contributed by atoms with van der Waals surface area (Å²) in [5.41, 5.74) is 4.44. The summed E-state index contributed by atoms with van der Waals surface area (Å²) in [6, 6.07) is 8.86. The predicted molar refractivity (Wildman–Crippen MR) is 70.0 cm³/mol. The highest BCUT2D eigenvalue weighted by atomic mass is 16.3. The highest BCUT2D eigenvalue weighted by Crippen LogP contribution is 2.25. The number of nitrogens with zero attached hydrogens (tertiary/aromatic N) is 2. The fourth-order valence-corrected chi connectivity index (χ4v) is 1.86. The number of aromatic amines is 1. The number of anilines is 2. The molecule has 0 atom stereocenters. The van der Waals surface area contributed by atoms with E-state index in [9.17, 15) is 5.11 Å². The van der Waals surface area contributed by atoms with E-state index in [2.05, 4.69) is 20.5 Å². The van der Waals surface area contributed by atoms with Crippen LogP contribution in [0.2, 0.25) is 0 Å². The van der Waals surface area contributed by atoms with E-state index < -0.39 is 0 Å². The Kier molecular flexibility index (Phi) is 2.37. The molecule has 0 spiro atoms. The standard InChI is InChI=1S/C13H12N4O/c1-8-6-11(13-12(15-8)7-14-17-13)16-9-2-4-10(18)5-3-9/h2-7,18H,1H3,(H,14,17)(H,15,16). The normalized spacial score (nSPS) is 10.7. The first-order valence-electron chi connectivity index (χ1n) is 5.59. The second-order valence-corrected chi connectivity index (χ2v) is 4.11. The molecule has 0 aliphatic carbocycles. The molecule has 0 aliphatic heterocycles. The van der Waals surface area contributed by atoms with Gasteiger partial charge in [0.2, 0.25) is 0 Å². The molecule has 0 unspecified atom stereocenters. The molecule has 5 heteroatoms. The van der Waals surface area contributed by atoms with Crippen molar-refractivity contribution in [1.29, 1.82) is 0 Å².